The molecule has 0 amide bonds. The Kier molecular flexibility index (Phi) is 5.25. The van der Waals surface area contributed by atoms with Crippen molar-refractivity contribution >= 4 is 29.5 Å². The molecular formula is C22H16O8. The van der Waals surface area contributed by atoms with Crippen molar-refractivity contribution in [2.24, 2.45) is 5.92 Å². The summed E-state index contributed by atoms with van der Waals surface area (Å²) < 4.78 is 0. The lowest BCUT2D eigenvalue weighted by Gasteiger charge is -2.40. The average molecular weight is 408 g/mol. The summed E-state index contributed by atoms with van der Waals surface area (Å²) >= 11 is 0. The zero-order valence-corrected chi connectivity index (χ0v) is 15.4. The van der Waals surface area contributed by atoms with E-state index in [1.807, 2.05) is 0 Å². The molecule has 0 saturated carbocycles. The van der Waals surface area contributed by atoms with E-state index in [9.17, 15) is 39.6 Å². The average Bonchev–Trinajstić information content (AvgIpc) is 2.72. The van der Waals surface area contributed by atoms with Crippen molar-refractivity contribution in [3.8, 4) is 0 Å². The summed E-state index contributed by atoms with van der Waals surface area (Å²) in [6.45, 7) is 0. The Morgan fingerprint density at radius 2 is 1.27 bits per heavy atom. The Labute approximate surface area is 170 Å². The van der Waals surface area contributed by atoms with Crippen molar-refractivity contribution in [1.82, 2.24) is 0 Å². The highest BCUT2D eigenvalue weighted by molar-refractivity contribution is 6.18. The monoisotopic (exact) mass is 408 g/mol. The molecule has 0 radical (unpaired) electrons. The predicted octanol–water partition coefficient (Wildman–Crippen LogP) is 2.27. The maximum atomic E-state index is 12.8. The van der Waals surface area contributed by atoms with Gasteiger partial charge >= 0.3 is 23.9 Å². The molecule has 0 heterocycles. The van der Waals surface area contributed by atoms with Gasteiger partial charge in [-0.25, -0.2) is 9.59 Å². The second-order valence-corrected chi connectivity index (χ2v) is 6.60. The quantitative estimate of drug-likeness (QED) is 0.569. The number of carbonyl (C=O) groups is 4. The zero-order chi connectivity index (χ0) is 22.1. The maximum absolute atomic E-state index is 12.8. The van der Waals surface area contributed by atoms with Gasteiger partial charge in [-0.2, -0.15) is 0 Å². The van der Waals surface area contributed by atoms with E-state index in [4.69, 9.17) is 0 Å². The molecule has 0 fully saturated rings. The van der Waals surface area contributed by atoms with Crippen molar-refractivity contribution in [2.75, 3.05) is 0 Å². The number of carboxylic acids is 4. The first-order chi connectivity index (χ1) is 14.2. The minimum atomic E-state index is -2.37. The Balaban J connectivity index is 2.60. The zero-order valence-electron chi connectivity index (χ0n) is 15.4. The molecule has 8 heteroatoms. The molecule has 2 aromatic carbocycles. The molecule has 0 aromatic heterocycles. The smallest absolute Gasteiger partial charge is 0.336 e. The van der Waals surface area contributed by atoms with Crippen molar-refractivity contribution < 1.29 is 39.6 Å². The fraction of sp³-hybridized carbons (Fsp3) is 0.0909. The van der Waals surface area contributed by atoms with Crippen molar-refractivity contribution in [1.29, 1.82) is 0 Å². The summed E-state index contributed by atoms with van der Waals surface area (Å²) in [6, 6.07) is 14.9. The standard InChI is InChI=1S/C22H16O8/c23-18(24)14-11-15(19(25)26)22(21(29)30,13-9-5-2-6-10-13)17(16(14)20(27)28)12-7-3-1-4-8-12/h1-11,15H,(H,23,24)(H,25,26)(H,27,28)(H,29,30). The highest BCUT2D eigenvalue weighted by atomic mass is 16.4. The van der Waals surface area contributed by atoms with Crippen molar-refractivity contribution in [3.05, 3.63) is 89.0 Å². The Hall–Kier alpha value is -4.20. The van der Waals surface area contributed by atoms with Crippen LogP contribution in [-0.2, 0) is 24.6 Å². The number of carboxylic acid groups (broad SMARTS) is 4. The molecule has 8 nitrogen and oxygen atoms in total. The Morgan fingerprint density at radius 3 is 1.70 bits per heavy atom. The van der Waals surface area contributed by atoms with Gasteiger partial charge in [-0.15, -0.1) is 0 Å². The molecule has 1 aliphatic rings. The molecule has 2 atom stereocenters. The van der Waals surface area contributed by atoms with Gasteiger partial charge in [-0.05, 0) is 16.7 Å². The first-order valence-corrected chi connectivity index (χ1v) is 8.73. The summed E-state index contributed by atoms with van der Waals surface area (Å²) in [5, 5.41) is 39.7. The first-order valence-electron chi connectivity index (χ1n) is 8.73. The Morgan fingerprint density at radius 1 is 0.733 bits per heavy atom. The van der Waals surface area contributed by atoms with Gasteiger partial charge in [0.1, 0.15) is 11.3 Å². The third-order valence-corrected chi connectivity index (χ3v) is 5.05. The molecular weight excluding hydrogens is 392 g/mol. The highest BCUT2D eigenvalue weighted by Gasteiger charge is 2.58. The van der Waals surface area contributed by atoms with Gasteiger partial charge in [0, 0.05) is 0 Å². The van der Waals surface area contributed by atoms with Gasteiger partial charge in [0.25, 0.3) is 0 Å². The minimum absolute atomic E-state index is 0.0168. The van der Waals surface area contributed by atoms with Gasteiger partial charge < -0.3 is 20.4 Å². The molecule has 2 unspecified atom stereocenters. The van der Waals surface area contributed by atoms with Crippen LogP contribution in [-0.4, -0.2) is 44.3 Å². The third kappa shape index (κ3) is 3.04. The molecule has 0 saturated heterocycles. The number of aliphatic carboxylic acids is 4. The highest BCUT2D eigenvalue weighted by Crippen LogP contribution is 2.51. The van der Waals surface area contributed by atoms with E-state index in [0.717, 1.165) is 0 Å². The number of hydrogen-bond donors (Lipinski definition) is 4. The largest absolute Gasteiger partial charge is 0.481 e. The van der Waals surface area contributed by atoms with E-state index < -0.39 is 51.9 Å². The lowest BCUT2D eigenvalue weighted by Crippen LogP contribution is -2.50. The molecule has 152 valence electrons. The minimum Gasteiger partial charge on any atom is -0.481 e. The fourth-order valence-electron chi connectivity index (χ4n) is 3.88. The van der Waals surface area contributed by atoms with Crippen LogP contribution < -0.4 is 0 Å². The maximum Gasteiger partial charge on any atom is 0.336 e. The molecule has 30 heavy (non-hydrogen) atoms. The van der Waals surface area contributed by atoms with Crippen LogP contribution in [0.1, 0.15) is 11.1 Å². The number of rotatable bonds is 6. The van der Waals surface area contributed by atoms with E-state index in [1.165, 1.54) is 48.5 Å². The molecule has 1 aliphatic carbocycles. The van der Waals surface area contributed by atoms with Gasteiger partial charge in [0.2, 0.25) is 0 Å². The SMILES string of the molecule is O=C(O)C1=CC(C(=O)O)C(C(=O)O)(c2ccccc2)C(c2ccccc2)=C1C(=O)O. The van der Waals surface area contributed by atoms with Crippen LogP contribution in [0.25, 0.3) is 5.57 Å². The molecule has 0 spiro atoms. The summed E-state index contributed by atoms with van der Waals surface area (Å²) in [6.07, 6.45) is 0.696. The van der Waals surface area contributed by atoms with E-state index in [0.29, 0.717) is 6.08 Å². The van der Waals surface area contributed by atoms with Gasteiger partial charge in [-0.1, -0.05) is 66.7 Å². The molecule has 4 N–H and O–H groups in total. The molecule has 2 aromatic rings. The molecule has 0 aliphatic heterocycles. The summed E-state index contributed by atoms with van der Waals surface area (Å²) in [5.74, 6) is -8.42. The summed E-state index contributed by atoms with van der Waals surface area (Å²) in [5.41, 5.74) is -4.20. The Bertz CT molecular complexity index is 1100. The van der Waals surface area contributed by atoms with E-state index in [2.05, 4.69) is 0 Å². The van der Waals surface area contributed by atoms with Crippen LogP contribution in [0.15, 0.2) is 77.9 Å². The normalized spacial score (nSPS) is 20.9. The van der Waals surface area contributed by atoms with E-state index in [1.54, 1.807) is 12.1 Å². The van der Waals surface area contributed by atoms with Crippen LogP contribution in [0.2, 0.25) is 0 Å². The fourth-order valence-corrected chi connectivity index (χ4v) is 3.88. The first kappa shape index (κ1) is 20.5. The van der Waals surface area contributed by atoms with E-state index >= 15 is 0 Å². The third-order valence-electron chi connectivity index (χ3n) is 5.05. The van der Waals surface area contributed by atoms with Gasteiger partial charge in [0.05, 0.1) is 11.1 Å². The number of benzene rings is 2. The predicted molar refractivity (Wildman–Crippen MR) is 104 cm³/mol. The van der Waals surface area contributed by atoms with E-state index in [-0.39, 0.29) is 11.1 Å². The second-order valence-electron chi connectivity index (χ2n) is 6.60. The van der Waals surface area contributed by atoms with Crippen LogP contribution in [0.3, 0.4) is 0 Å². The summed E-state index contributed by atoms with van der Waals surface area (Å²) in [4.78, 5) is 48.9. The topological polar surface area (TPSA) is 149 Å². The lowest BCUT2D eigenvalue weighted by atomic mass is 9.59. The van der Waals surface area contributed by atoms with Crippen LogP contribution in [0, 0.1) is 5.92 Å². The van der Waals surface area contributed by atoms with Crippen molar-refractivity contribution in [2.45, 2.75) is 5.41 Å². The van der Waals surface area contributed by atoms with Crippen molar-refractivity contribution in [3.63, 3.8) is 0 Å². The van der Waals surface area contributed by atoms with Crippen LogP contribution in [0.4, 0.5) is 0 Å². The second kappa shape index (κ2) is 7.67. The molecule has 0 bridgehead atoms. The van der Waals surface area contributed by atoms with Gasteiger partial charge in [-0.3, -0.25) is 9.59 Å². The van der Waals surface area contributed by atoms with Crippen LogP contribution >= 0.6 is 0 Å². The van der Waals surface area contributed by atoms with Gasteiger partial charge in [0.15, 0.2) is 0 Å². The number of hydrogen-bond acceptors (Lipinski definition) is 4. The summed E-state index contributed by atoms with van der Waals surface area (Å²) in [7, 11) is 0. The lowest BCUT2D eigenvalue weighted by molar-refractivity contribution is -0.151. The molecule has 3 rings (SSSR count). The van der Waals surface area contributed by atoms with Crippen LogP contribution in [0.5, 0.6) is 0 Å².